The van der Waals surface area contributed by atoms with Crippen molar-refractivity contribution in [2.45, 2.75) is 19.9 Å². The van der Waals surface area contributed by atoms with E-state index in [-0.39, 0.29) is 0 Å². The molecule has 0 saturated carbocycles. The molecular formula is C11H13N5S. The molecule has 2 aromatic rings. The standard InChI is InChI=1S/C11H13N5S/c1-2-5-13-11-10(14-15-17-11)8-16-6-3-4-9(16)7-12/h3-4,6,13H,2,5,8H2,1H3. The van der Waals surface area contributed by atoms with Crippen molar-refractivity contribution >= 4 is 16.5 Å². The van der Waals surface area contributed by atoms with E-state index in [0.717, 1.165) is 23.7 Å². The lowest BCUT2D eigenvalue weighted by Gasteiger charge is -2.05. The molecule has 6 heteroatoms. The molecular weight excluding hydrogens is 234 g/mol. The second-order valence-corrected chi connectivity index (χ2v) is 4.36. The zero-order valence-electron chi connectivity index (χ0n) is 9.55. The molecule has 17 heavy (non-hydrogen) atoms. The van der Waals surface area contributed by atoms with Crippen molar-refractivity contribution in [2.75, 3.05) is 11.9 Å². The predicted octanol–water partition coefficient (Wildman–Crippen LogP) is 2.08. The molecule has 88 valence electrons. The molecule has 0 spiro atoms. The average molecular weight is 247 g/mol. The van der Waals surface area contributed by atoms with Crippen molar-refractivity contribution in [3.8, 4) is 6.07 Å². The van der Waals surface area contributed by atoms with Crippen LogP contribution in [0, 0.1) is 11.3 Å². The molecule has 0 radical (unpaired) electrons. The third kappa shape index (κ3) is 2.63. The molecule has 5 nitrogen and oxygen atoms in total. The molecule has 0 unspecified atom stereocenters. The number of hydrogen-bond donors (Lipinski definition) is 1. The zero-order chi connectivity index (χ0) is 12.1. The van der Waals surface area contributed by atoms with Gasteiger partial charge in [-0.1, -0.05) is 11.4 Å². The predicted molar refractivity (Wildman–Crippen MR) is 66.9 cm³/mol. The monoisotopic (exact) mass is 247 g/mol. The van der Waals surface area contributed by atoms with Crippen molar-refractivity contribution in [1.82, 2.24) is 14.2 Å². The molecule has 0 aromatic carbocycles. The Morgan fingerprint density at radius 2 is 2.47 bits per heavy atom. The maximum Gasteiger partial charge on any atom is 0.135 e. The first kappa shape index (κ1) is 11.6. The maximum absolute atomic E-state index is 8.93. The maximum atomic E-state index is 8.93. The van der Waals surface area contributed by atoms with Crippen LogP contribution < -0.4 is 5.32 Å². The smallest absolute Gasteiger partial charge is 0.135 e. The minimum Gasteiger partial charge on any atom is -0.374 e. The molecule has 0 bridgehead atoms. The summed E-state index contributed by atoms with van der Waals surface area (Å²) < 4.78 is 5.81. The molecule has 1 N–H and O–H groups in total. The first-order valence-corrected chi connectivity index (χ1v) is 6.22. The summed E-state index contributed by atoms with van der Waals surface area (Å²) in [7, 11) is 0. The topological polar surface area (TPSA) is 66.5 Å². The Hall–Kier alpha value is -1.87. The van der Waals surface area contributed by atoms with E-state index < -0.39 is 0 Å². The molecule has 0 atom stereocenters. The second-order valence-electron chi connectivity index (χ2n) is 3.61. The van der Waals surface area contributed by atoms with E-state index in [1.807, 2.05) is 16.8 Å². The molecule has 2 heterocycles. The Morgan fingerprint density at radius 3 is 3.24 bits per heavy atom. The summed E-state index contributed by atoms with van der Waals surface area (Å²) >= 11 is 1.36. The zero-order valence-corrected chi connectivity index (χ0v) is 10.4. The molecule has 2 aromatic heterocycles. The van der Waals surface area contributed by atoms with Gasteiger partial charge in [0.2, 0.25) is 0 Å². The fourth-order valence-corrected chi connectivity index (χ4v) is 2.10. The van der Waals surface area contributed by atoms with Gasteiger partial charge in [0, 0.05) is 24.3 Å². The van der Waals surface area contributed by atoms with Crippen LogP contribution in [-0.4, -0.2) is 20.7 Å². The highest BCUT2D eigenvalue weighted by atomic mass is 32.1. The van der Waals surface area contributed by atoms with Crippen molar-refractivity contribution in [3.05, 3.63) is 29.7 Å². The quantitative estimate of drug-likeness (QED) is 0.878. The lowest BCUT2D eigenvalue weighted by atomic mass is 10.4. The first-order valence-electron chi connectivity index (χ1n) is 5.45. The van der Waals surface area contributed by atoms with E-state index in [9.17, 15) is 0 Å². The Balaban J connectivity index is 2.14. The summed E-state index contributed by atoms with van der Waals surface area (Å²) in [6.07, 6.45) is 2.94. The van der Waals surface area contributed by atoms with E-state index in [4.69, 9.17) is 5.26 Å². The fraction of sp³-hybridized carbons (Fsp3) is 0.364. The van der Waals surface area contributed by atoms with Crippen molar-refractivity contribution in [3.63, 3.8) is 0 Å². The van der Waals surface area contributed by atoms with Crippen LogP contribution in [0.4, 0.5) is 5.00 Å². The van der Waals surface area contributed by atoms with Crippen LogP contribution in [0.1, 0.15) is 24.7 Å². The van der Waals surface area contributed by atoms with Crippen LogP contribution in [0.5, 0.6) is 0 Å². The Labute approximate surface area is 104 Å². The molecule has 0 aliphatic rings. The van der Waals surface area contributed by atoms with Crippen LogP contribution in [0.15, 0.2) is 18.3 Å². The van der Waals surface area contributed by atoms with E-state index in [2.05, 4.69) is 27.9 Å². The molecule has 0 amide bonds. The third-order valence-electron chi connectivity index (χ3n) is 2.36. The van der Waals surface area contributed by atoms with Gasteiger partial charge in [0.1, 0.15) is 22.5 Å². The van der Waals surface area contributed by atoms with Crippen molar-refractivity contribution in [1.29, 1.82) is 5.26 Å². The number of aromatic nitrogens is 3. The Bertz CT molecular complexity index is 522. The second kappa shape index (κ2) is 5.46. The highest BCUT2D eigenvalue weighted by Gasteiger charge is 2.09. The van der Waals surface area contributed by atoms with Gasteiger partial charge in [-0.25, -0.2) is 0 Å². The van der Waals surface area contributed by atoms with Gasteiger partial charge in [0.05, 0.1) is 6.54 Å². The van der Waals surface area contributed by atoms with Gasteiger partial charge >= 0.3 is 0 Å². The van der Waals surface area contributed by atoms with Crippen LogP contribution in [-0.2, 0) is 6.54 Å². The van der Waals surface area contributed by atoms with Gasteiger partial charge in [0.15, 0.2) is 0 Å². The molecule has 0 fully saturated rings. The van der Waals surface area contributed by atoms with Crippen LogP contribution in [0.25, 0.3) is 0 Å². The third-order valence-corrected chi connectivity index (χ3v) is 3.08. The fourth-order valence-electron chi connectivity index (χ4n) is 1.50. The molecule has 0 aliphatic heterocycles. The highest BCUT2D eigenvalue weighted by Crippen LogP contribution is 2.19. The van der Waals surface area contributed by atoms with E-state index in [0.29, 0.717) is 12.2 Å². The SMILES string of the molecule is CCCNc1snnc1Cn1cccc1C#N. The number of anilines is 1. The van der Waals surface area contributed by atoms with E-state index in [1.165, 1.54) is 11.5 Å². The minimum atomic E-state index is 0.582. The van der Waals surface area contributed by atoms with Gasteiger partial charge in [0.25, 0.3) is 0 Å². The highest BCUT2D eigenvalue weighted by molar-refractivity contribution is 7.10. The molecule has 0 aliphatic carbocycles. The Morgan fingerprint density at radius 1 is 1.59 bits per heavy atom. The van der Waals surface area contributed by atoms with Crippen molar-refractivity contribution in [2.24, 2.45) is 0 Å². The van der Waals surface area contributed by atoms with Crippen LogP contribution in [0.2, 0.25) is 0 Å². The molecule has 0 saturated heterocycles. The minimum absolute atomic E-state index is 0.582. The molecule has 2 rings (SSSR count). The summed E-state index contributed by atoms with van der Waals surface area (Å²) in [5.74, 6) is 0. The largest absolute Gasteiger partial charge is 0.374 e. The lowest BCUT2D eigenvalue weighted by Crippen LogP contribution is -2.05. The van der Waals surface area contributed by atoms with E-state index in [1.54, 1.807) is 6.07 Å². The number of nitriles is 1. The number of nitrogens with one attached hydrogen (secondary N) is 1. The summed E-state index contributed by atoms with van der Waals surface area (Å²) in [6, 6.07) is 5.80. The normalized spacial score (nSPS) is 10.1. The number of hydrogen-bond acceptors (Lipinski definition) is 5. The summed E-state index contributed by atoms with van der Waals surface area (Å²) in [4.78, 5) is 0. The van der Waals surface area contributed by atoms with Crippen LogP contribution in [0.3, 0.4) is 0 Å². The lowest BCUT2D eigenvalue weighted by molar-refractivity contribution is 0.764. The van der Waals surface area contributed by atoms with Gasteiger partial charge in [-0.05, 0) is 18.6 Å². The number of rotatable bonds is 5. The average Bonchev–Trinajstić information content (AvgIpc) is 2.96. The van der Waals surface area contributed by atoms with Gasteiger partial charge in [-0.2, -0.15) is 5.26 Å². The summed E-state index contributed by atoms with van der Waals surface area (Å²) in [6.45, 7) is 3.60. The van der Waals surface area contributed by atoms with Gasteiger partial charge < -0.3 is 9.88 Å². The van der Waals surface area contributed by atoms with Crippen LogP contribution >= 0.6 is 11.5 Å². The Kier molecular flexibility index (Phi) is 3.73. The van der Waals surface area contributed by atoms with Gasteiger partial charge in [-0.3, -0.25) is 0 Å². The first-order chi connectivity index (χ1) is 8.35. The van der Waals surface area contributed by atoms with Crippen molar-refractivity contribution < 1.29 is 0 Å². The van der Waals surface area contributed by atoms with Gasteiger partial charge in [-0.15, -0.1) is 5.10 Å². The van der Waals surface area contributed by atoms with E-state index >= 15 is 0 Å². The summed E-state index contributed by atoms with van der Waals surface area (Å²) in [5.41, 5.74) is 1.52. The summed E-state index contributed by atoms with van der Waals surface area (Å²) in [5, 5.41) is 17.3. The number of nitrogens with zero attached hydrogens (tertiary/aromatic N) is 4.